The number of carbonyl (C=O) groups is 1. The number of benzene rings is 1. The van der Waals surface area contributed by atoms with E-state index in [0.29, 0.717) is 17.2 Å². The average molecular weight is 285 g/mol. The Labute approximate surface area is 108 Å². The average Bonchev–Trinajstić information content (AvgIpc) is 2.26. The second-order valence-corrected chi connectivity index (χ2v) is 5.03. The van der Waals surface area contributed by atoms with Crippen LogP contribution in [0.15, 0.2) is 39.5 Å². The summed E-state index contributed by atoms with van der Waals surface area (Å²) in [6, 6.07) is 7.79. The zero-order valence-electron chi connectivity index (χ0n) is 9.86. The zero-order chi connectivity index (χ0) is 14.6. The first kappa shape index (κ1) is 14.9. The van der Waals surface area contributed by atoms with Crippen molar-refractivity contribution in [2.45, 2.75) is 0 Å². The molecule has 0 aliphatic carbocycles. The molecule has 0 bridgehead atoms. The first-order chi connectivity index (χ1) is 8.68. The normalized spacial score (nSPS) is 10.6. The first-order valence-electron chi connectivity index (χ1n) is 4.93. The number of hydrogen-bond donors (Lipinski definition) is 2. The van der Waals surface area contributed by atoms with E-state index in [4.69, 9.17) is 14.7 Å². The molecule has 1 aromatic heterocycles. The minimum absolute atomic E-state index is 0.117. The van der Waals surface area contributed by atoms with E-state index in [9.17, 15) is 18.0 Å². The van der Waals surface area contributed by atoms with E-state index in [1.807, 2.05) is 0 Å². The molecule has 8 heteroatoms. The van der Waals surface area contributed by atoms with E-state index >= 15 is 0 Å². The highest BCUT2D eigenvalue weighted by Gasteiger charge is 2.07. The molecule has 0 atom stereocenters. The summed E-state index contributed by atoms with van der Waals surface area (Å²) in [7, 11) is -3.67. The van der Waals surface area contributed by atoms with Crippen molar-refractivity contribution in [1.82, 2.24) is 0 Å². The molecule has 1 amide bonds. The number of nitrogens with two attached hydrogens (primary N) is 1. The van der Waals surface area contributed by atoms with Crippen molar-refractivity contribution in [3.8, 4) is 0 Å². The van der Waals surface area contributed by atoms with Crippen molar-refractivity contribution >= 4 is 27.0 Å². The van der Waals surface area contributed by atoms with Crippen molar-refractivity contribution in [3.63, 3.8) is 0 Å². The second-order valence-electron chi connectivity index (χ2n) is 3.57. The Morgan fingerprint density at radius 2 is 1.84 bits per heavy atom. The third kappa shape index (κ3) is 4.90. The lowest BCUT2D eigenvalue weighted by molar-refractivity contribution is 0.0974. The molecule has 0 saturated heterocycles. The molecule has 19 heavy (non-hydrogen) atoms. The smallest absolute Gasteiger partial charge is 0.284 e. The van der Waals surface area contributed by atoms with Gasteiger partial charge in [0.15, 0.2) is 11.2 Å². The lowest BCUT2D eigenvalue weighted by Gasteiger charge is -1.97. The zero-order valence-corrected chi connectivity index (χ0v) is 10.7. The molecule has 0 fully saturated rings. The number of rotatable bonds is 1. The van der Waals surface area contributed by atoms with Gasteiger partial charge in [0.05, 0.1) is 11.6 Å². The van der Waals surface area contributed by atoms with Crippen LogP contribution in [0.1, 0.15) is 10.6 Å². The van der Waals surface area contributed by atoms with Crippen LogP contribution in [0.25, 0.3) is 11.0 Å². The highest BCUT2D eigenvalue weighted by Crippen LogP contribution is 2.10. The Kier molecular flexibility index (Phi) is 4.41. The van der Waals surface area contributed by atoms with E-state index in [-0.39, 0.29) is 11.2 Å². The van der Waals surface area contributed by atoms with Gasteiger partial charge in [0.1, 0.15) is 5.58 Å². The molecule has 2 rings (SSSR count). The molecule has 1 aromatic carbocycles. The molecule has 7 nitrogen and oxygen atoms in total. The molecule has 1 heterocycles. The minimum atomic E-state index is -3.67. The number of para-hydroxylation sites is 1. The number of fused-ring (bicyclic) bond motifs is 1. The summed E-state index contributed by atoms with van der Waals surface area (Å²) in [5.41, 5.74) is 5.11. The van der Waals surface area contributed by atoms with Crippen LogP contribution in [0.5, 0.6) is 0 Å². The third-order valence-corrected chi connectivity index (χ3v) is 1.88. The predicted octanol–water partition coefficient (Wildman–Crippen LogP) is 0.396. The fraction of sp³-hybridized carbons (Fsp3) is 0.0909. The number of carbonyl (C=O) groups excluding carboxylic acids is 1. The van der Waals surface area contributed by atoms with Crippen LogP contribution in [-0.4, -0.2) is 25.1 Å². The standard InChI is InChI=1S/C10H7NO3.CH4O3S/c11-10(13)9-5-7(12)6-3-1-2-4-8(6)14-9;1-5(2,3)4/h1-5H,(H2,11,13);1H3,(H,2,3,4). The van der Waals surface area contributed by atoms with Gasteiger partial charge >= 0.3 is 0 Å². The molecule has 0 aliphatic rings. The summed E-state index contributed by atoms with van der Waals surface area (Å²) in [6.45, 7) is 0. The quantitative estimate of drug-likeness (QED) is 0.730. The van der Waals surface area contributed by atoms with Crippen LogP contribution < -0.4 is 11.2 Å². The number of amides is 1. The fourth-order valence-electron chi connectivity index (χ4n) is 1.23. The van der Waals surface area contributed by atoms with Gasteiger partial charge in [-0.05, 0) is 12.1 Å². The van der Waals surface area contributed by atoms with Gasteiger partial charge in [0, 0.05) is 6.07 Å². The van der Waals surface area contributed by atoms with Gasteiger partial charge in [-0.3, -0.25) is 14.1 Å². The highest BCUT2D eigenvalue weighted by molar-refractivity contribution is 7.85. The van der Waals surface area contributed by atoms with Crippen molar-refractivity contribution in [2.75, 3.05) is 6.26 Å². The monoisotopic (exact) mass is 285 g/mol. The van der Waals surface area contributed by atoms with Crippen LogP contribution in [0.3, 0.4) is 0 Å². The summed E-state index contributed by atoms with van der Waals surface area (Å²) in [5.74, 6) is -0.860. The van der Waals surface area contributed by atoms with Gasteiger partial charge in [0.2, 0.25) is 0 Å². The maximum atomic E-state index is 11.4. The molecule has 0 aliphatic heterocycles. The Bertz CT molecular complexity index is 754. The van der Waals surface area contributed by atoms with Crippen LogP contribution in [0.2, 0.25) is 0 Å². The maximum Gasteiger partial charge on any atom is 0.284 e. The fourth-order valence-corrected chi connectivity index (χ4v) is 1.23. The summed E-state index contributed by atoms with van der Waals surface area (Å²) < 4.78 is 31.0. The van der Waals surface area contributed by atoms with Crippen molar-refractivity contribution < 1.29 is 22.2 Å². The van der Waals surface area contributed by atoms with E-state index in [0.717, 1.165) is 6.07 Å². The Morgan fingerprint density at radius 3 is 2.37 bits per heavy atom. The molecule has 0 unspecified atom stereocenters. The largest absolute Gasteiger partial charge is 0.451 e. The van der Waals surface area contributed by atoms with Crippen LogP contribution in [0.4, 0.5) is 0 Å². The Morgan fingerprint density at radius 1 is 1.32 bits per heavy atom. The Hall–Kier alpha value is -2.19. The van der Waals surface area contributed by atoms with Crippen molar-refractivity contribution in [3.05, 3.63) is 46.3 Å². The topological polar surface area (TPSA) is 128 Å². The maximum absolute atomic E-state index is 11.4. The lowest BCUT2D eigenvalue weighted by atomic mass is 10.2. The van der Waals surface area contributed by atoms with Gasteiger partial charge in [-0.2, -0.15) is 8.42 Å². The van der Waals surface area contributed by atoms with E-state index in [1.165, 1.54) is 0 Å². The highest BCUT2D eigenvalue weighted by atomic mass is 32.2. The van der Waals surface area contributed by atoms with Gasteiger partial charge in [-0.25, -0.2) is 0 Å². The van der Waals surface area contributed by atoms with Crippen LogP contribution in [-0.2, 0) is 10.1 Å². The Balaban J connectivity index is 0.000000312. The molecule has 102 valence electrons. The minimum Gasteiger partial charge on any atom is -0.451 e. The molecule has 0 saturated carbocycles. The predicted molar refractivity (Wildman–Crippen MR) is 68.5 cm³/mol. The number of hydrogen-bond acceptors (Lipinski definition) is 5. The van der Waals surface area contributed by atoms with Crippen LogP contribution in [0, 0.1) is 0 Å². The van der Waals surface area contributed by atoms with Gasteiger partial charge in [-0.1, -0.05) is 12.1 Å². The second kappa shape index (κ2) is 5.63. The first-order valence-corrected chi connectivity index (χ1v) is 6.78. The van der Waals surface area contributed by atoms with Crippen LogP contribution >= 0.6 is 0 Å². The van der Waals surface area contributed by atoms with Gasteiger partial charge in [0.25, 0.3) is 16.0 Å². The van der Waals surface area contributed by atoms with E-state index < -0.39 is 16.0 Å². The lowest BCUT2D eigenvalue weighted by Crippen LogP contribution is -2.14. The molecular weight excluding hydrogens is 274 g/mol. The summed E-state index contributed by atoms with van der Waals surface area (Å²) in [4.78, 5) is 22.2. The molecule has 2 aromatic rings. The molecule has 0 spiro atoms. The molecular formula is C11H11NO6S. The van der Waals surface area contributed by atoms with Gasteiger partial charge in [-0.15, -0.1) is 0 Å². The third-order valence-electron chi connectivity index (χ3n) is 1.88. The van der Waals surface area contributed by atoms with Gasteiger partial charge < -0.3 is 10.2 Å². The molecule has 0 radical (unpaired) electrons. The molecule has 3 N–H and O–H groups in total. The van der Waals surface area contributed by atoms with Crippen molar-refractivity contribution in [2.24, 2.45) is 5.73 Å². The van der Waals surface area contributed by atoms with Crippen molar-refractivity contribution in [1.29, 1.82) is 0 Å². The number of primary amides is 1. The summed E-state index contributed by atoms with van der Waals surface area (Å²) in [6.07, 6.45) is 0.715. The summed E-state index contributed by atoms with van der Waals surface area (Å²) in [5, 5.41) is 0.442. The SMILES string of the molecule is CS(=O)(=O)O.NC(=O)c1cc(=O)c2ccccc2o1. The van der Waals surface area contributed by atoms with E-state index in [1.54, 1.807) is 24.3 Å². The van der Waals surface area contributed by atoms with E-state index in [2.05, 4.69) is 0 Å². The summed E-state index contributed by atoms with van der Waals surface area (Å²) >= 11 is 0.